The maximum Gasteiger partial charge on any atom is 0.122 e. The normalized spacial score (nSPS) is 27.6. The van der Waals surface area contributed by atoms with Crippen LogP contribution in [-0.4, -0.2) is 36.0 Å². The van der Waals surface area contributed by atoms with E-state index < -0.39 is 0 Å². The summed E-state index contributed by atoms with van der Waals surface area (Å²) in [6.07, 6.45) is 5.24. The minimum Gasteiger partial charge on any atom is -0.493 e. The molecule has 1 fully saturated rings. The maximum atomic E-state index is 5.77. The van der Waals surface area contributed by atoms with E-state index in [1.165, 1.54) is 37.9 Å². The molecule has 0 saturated carbocycles. The molecule has 1 aromatic rings. The second kappa shape index (κ2) is 6.27. The lowest BCUT2D eigenvalue weighted by molar-refractivity contribution is 0.141. The van der Waals surface area contributed by atoms with Gasteiger partial charge in [-0.1, -0.05) is 40.5 Å². The van der Waals surface area contributed by atoms with E-state index in [0.717, 1.165) is 30.1 Å². The summed E-state index contributed by atoms with van der Waals surface area (Å²) in [6, 6.07) is 9.29. The van der Waals surface area contributed by atoms with Crippen LogP contribution in [0.25, 0.3) is 0 Å². The molecule has 0 amide bonds. The maximum absolute atomic E-state index is 5.77. The molecule has 3 heteroatoms. The summed E-state index contributed by atoms with van der Waals surface area (Å²) in [5.74, 6) is 1.75. The fraction of sp³-hybridized carbons (Fsp3) is 0.625. The first-order valence-corrected chi connectivity index (χ1v) is 8.52. The van der Waals surface area contributed by atoms with Crippen LogP contribution in [0.5, 0.6) is 5.75 Å². The van der Waals surface area contributed by atoms with E-state index in [-0.39, 0.29) is 0 Å². The number of likely N-dealkylation sites (tertiary alicyclic amines) is 1. The molecule has 0 aliphatic carbocycles. The van der Waals surface area contributed by atoms with Crippen LogP contribution >= 0.6 is 15.9 Å². The molecule has 1 saturated heterocycles. The zero-order valence-corrected chi connectivity index (χ0v) is 12.9. The first kappa shape index (κ1) is 13.4. The van der Waals surface area contributed by atoms with Crippen LogP contribution in [0.4, 0.5) is 0 Å². The van der Waals surface area contributed by atoms with E-state index in [4.69, 9.17) is 4.74 Å². The number of piperidine rings is 1. The van der Waals surface area contributed by atoms with Crippen molar-refractivity contribution in [3.05, 3.63) is 29.8 Å². The summed E-state index contributed by atoms with van der Waals surface area (Å²) in [5.41, 5.74) is 1.41. The van der Waals surface area contributed by atoms with E-state index in [1.54, 1.807) is 0 Å². The molecule has 0 N–H and O–H groups in total. The third kappa shape index (κ3) is 2.97. The Balaban J connectivity index is 1.73. The fourth-order valence-corrected chi connectivity index (χ4v) is 4.10. The Kier molecular flexibility index (Phi) is 4.44. The lowest BCUT2D eigenvalue weighted by Crippen LogP contribution is -2.43. The quantitative estimate of drug-likeness (QED) is 0.784. The molecule has 1 aromatic carbocycles. The van der Waals surface area contributed by atoms with Gasteiger partial charge in [-0.2, -0.15) is 0 Å². The van der Waals surface area contributed by atoms with Gasteiger partial charge in [0, 0.05) is 23.8 Å². The lowest BCUT2D eigenvalue weighted by Gasteiger charge is -2.38. The zero-order valence-electron chi connectivity index (χ0n) is 11.4. The Hall–Kier alpha value is -0.540. The van der Waals surface area contributed by atoms with E-state index in [9.17, 15) is 0 Å². The van der Waals surface area contributed by atoms with Crippen LogP contribution in [0.15, 0.2) is 24.3 Å². The third-order valence-corrected chi connectivity index (χ3v) is 5.21. The molecular formula is C16H22BrNO. The lowest BCUT2D eigenvalue weighted by atomic mass is 9.91. The Bertz CT molecular complexity index is 423. The number of benzene rings is 1. The predicted molar refractivity (Wildman–Crippen MR) is 82.3 cm³/mol. The monoisotopic (exact) mass is 323 g/mol. The van der Waals surface area contributed by atoms with E-state index >= 15 is 0 Å². The SMILES string of the molecule is BrCC1CCCCN1CC1CCOc2ccccc21. The molecule has 2 aliphatic rings. The molecule has 2 unspecified atom stereocenters. The van der Waals surface area contributed by atoms with Crippen molar-refractivity contribution in [1.82, 2.24) is 4.90 Å². The number of hydrogen-bond donors (Lipinski definition) is 0. The Morgan fingerprint density at radius 2 is 2.11 bits per heavy atom. The first-order chi connectivity index (χ1) is 9.38. The molecule has 2 heterocycles. The van der Waals surface area contributed by atoms with Gasteiger partial charge in [0.1, 0.15) is 5.75 Å². The highest BCUT2D eigenvalue weighted by Crippen LogP contribution is 2.35. The Morgan fingerprint density at radius 3 is 3.00 bits per heavy atom. The molecule has 0 bridgehead atoms. The number of nitrogens with zero attached hydrogens (tertiary/aromatic N) is 1. The molecule has 3 rings (SSSR count). The average molecular weight is 324 g/mol. The van der Waals surface area contributed by atoms with Crippen molar-refractivity contribution >= 4 is 15.9 Å². The predicted octanol–water partition coefficient (Wildman–Crippen LogP) is 3.80. The Labute approximate surface area is 124 Å². The number of halogens is 1. The van der Waals surface area contributed by atoms with Gasteiger partial charge in [-0.3, -0.25) is 4.90 Å². The van der Waals surface area contributed by atoms with Gasteiger partial charge in [-0.25, -0.2) is 0 Å². The number of rotatable bonds is 3. The van der Waals surface area contributed by atoms with Crippen molar-refractivity contribution in [2.24, 2.45) is 0 Å². The van der Waals surface area contributed by atoms with Gasteiger partial charge in [-0.05, 0) is 37.4 Å². The molecule has 2 aliphatic heterocycles. The molecule has 104 valence electrons. The number of hydrogen-bond acceptors (Lipinski definition) is 2. The number of ether oxygens (including phenoxy) is 1. The molecular weight excluding hydrogens is 302 g/mol. The van der Waals surface area contributed by atoms with Gasteiger partial charge in [0.25, 0.3) is 0 Å². The third-order valence-electron chi connectivity index (χ3n) is 4.46. The van der Waals surface area contributed by atoms with Crippen molar-refractivity contribution in [2.45, 2.75) is 37.6 Å². The number of para-hydroxylation sites is 1. The second-order valence-corrected chi connectivity index (χ2v) is 6.32. The summed E-state index contributed by atoms with van der Waals surface area (Å²) in [6.45, 7) is 3.32. The Morgan fingerprint density at radius 1 is 1.21 bits per heavy atom. The van der Waals surface area contributed by atoms with Gasteiger partial charge in [0.05, 0.1) is 6.61 Å². The van der Waals surface area contributed by atoms with Gasteiger partial charge < -0.3 is 4.74 Å². The molecule has 0 spiro atoms. The van der Waals surface area contributed by atoms with Crippen molar-refractivity contribution < 1.29 is 4.74 Å². The molecule has 19 heavy (non-hydrogen) atoms. The van der Waals surface area contributed by atoms with E-state index in [2.05, 4.69) is 45.1 Å². The van der Waals surface area contributed by atoms with Gasteiger partial charge >= 0.3 is 0 Å². The van der Waals surface area contributed by atoms with Crippen LogP contribution in [-0.2, 0) is 0 Å². The number of fused-ring (bicyclic) bond motifs is 1. The van der Waals surface area contributed by atoms with Crippen LogP contribution in [0.3, 0.4) is 0 Å². The minimum atomic E-state index is 0.643. The fourth-order valence-electron chi connectivity index (χ4n) is 3.36. The van der Waals surface area contributed by atoms with Crippen molar-refractivity contribution in [3.63, 3.8) is 0 Å². The minimum absolute atomic E-state index is 0.643. The van der Waals surface area contributed by atoms with Gasteiger partial charge in [0.2, 0.25) is 0 Å². The van der Waals surface area contributed by atoms with Gasteiger partial charge in [0.15, 0.2) is 0 Å². The van der Waals surface area contributed by atoms with Crippen molar-refractivity contribution in [1.29, 1.82) is 0 Å². The molecule has 2 atom stereocenters. The first-order valence-electron chi connectivity index (χ1n) is 7.40. The largest absolute Gasteiger partial charge is 0.493 e. The van der Waals surface area contributed by atoms with Crippen molar-refractivity contribution in [3.8, 4) is 5.75 Å². The average Bonchev–Trinajstić information content (AvgIpc) is 2.48. The van der Waals surface area contributed by atoms with E-state index in [0.29, 0.717) is 5.92 Å². The zero-order chi connectivity index (χ0) is 13.1. The highest BCUT2D eigenvalue weighted by molar-refractivity contribution is 9.09. The number of alkyl halides is 1. The molecule has 2 nitrogen and oxygen atoms in total. The van der Waals surface area contributed by atoms with E-state index in [1.807, 2.05) is 0 Å². The summed E-state index contributed by atoms with van der Waals surface area (Å²) >= 11 is 3.68. The van der Waals surface area contributed by atoms with Crippen LogP contribution in [0, 0.1) is 0 Å². The topological polar surface area (TPSA) is 12.5 Å². The molecule has 0 aromatic heterocycles. The summed E-state index contributed by atoms with van der Waals surface area (Å²) < 4.78 is 5.77. The molecule has 0 radical (unpaired) electrons. The van der Waals surface area contributed by atoms with Gasteiger partial charge in [-0.15, -0.1) is 0 Å². The van der Waals surface area contributed by atoms with Crippen molar-refractivity contribution in [2.75, 3.05) is 25.0 Å². The van der Waals surface area contributed by atoms with Crippen LogP contribution in [0.2, 0.25) is 0 Å². The highest BCUT2D eigenvalue weighted by atomic mass is 79.9. The second-order valence-electron chi connectivity index (χ2n) is 5.67. The smallest absolute Gasteiger partial charge is 0.122 e. The van der Waals surface area contributed by atoms with Crippen LogP contribution in [0.1, 0.15) is 37.2 Å². The highest BCUT2D eigenvalue weighted by Gasteiger charge is 2.27. The standard InChI is InChI=1S/C16H22BrNO/c17-11-14-5-3-4-9-18(14)12-13-8-10-19-16-7-2-1-6-15(13)16/h1-2,6-7,13-14H,3-5,8-12H2. The van der Waals surface area contributed by atoms with Crippen LogP contribution < -0.4 is 4.74 Å². The summed E-state index contributed by atoms with van der Waals surface area (Å²) in [7, 11) is 0. The summed E-state index contributed by atoms with van der Waals surface area (Å²) in [5, 5.41) is 1.11. The summed E-state index contributed by atoms with van der Waals surface area (Å²) in [4.78, 5) is 2.69.